The van der Waals surface area contributed by atoms with Gasteiger partial charge >= 0.3 is 12.1 Å². The maximum Gasteiger partial charge on any atom is 0.490 e. The van der Waals surface area contributed by atoms with Crippen LogP contribution in [0.2, 0.25) is 0 Å². The van der Waals surface area contributed by atoms with Crippen LogP contribution >= 0.6 is 11.8 Å². The van der Waals surface area contributed by atoms with Gasteiger partial charge in [-0.3, -0.25) is 13.9 Å². The van der Waals surface area contributed by atoms with Gasteiger partial charge in [0.25, 0.3) is 5.56 Å². The SMILES string of the molecule is CC#CCn1c(N2CCNCC2)nc2nc(SCC(C)O)n(C)c(=O)c21.O=C(O)C(F)(F)F. The number of carbonyl (C=O) groups is 1. The Morgan fingerprint density at radius 1 is 1.30 bits per heavy atom. The average molecular weight is 491 g/mol. The number of imidazole rings is 1. The molecule has 0 saturated carbocycles. The number of rotatable bonds is 5. The Balaban J connectivity index is 0.000000479. The minimum Gasteiger partial charge on any atom is -0.475 e. The molecule has 0 spiro atoms. The number of alkyl halides is 3. The molecule has 0 bridgehead atoms. The molecular weight excluding hydrogens is 465 g/mol. The number of carboxylic acid groups (broad SMARTS) is 1. The van der Waals surface area contributed by atoms with Crippen LogP contribution in [0.4, 0.5) is 19.1 Å². The topological polar surface area (TPSA) is 126 Å². The third-order valence-corrected chi connectivity index (χ3v) is 5.71. The molecule has 0 aromatic carbocycles. The Hall–Kier alpha value is -2.76. The van der Waals surface area contributed by atoms with Crippen LogP contribution in [0.15, 0.2) is 9.95 Å². The zero-order valence-electron chi connectivity index (χ0n) is 18.3. The molecule has 33 heavy (non-hydrogen) atoms. The lowest BCUT2D eigenvalue weighted by molar-refractivity contribution is -0.192. The zero-order valence-corrected chi connectivity index (χ0v) is 19.1. The molecule has 182 valence electrons. The fourth-order valence-electron chi connectivity index (χ4n) is 2.87. The van der Waals surface area contributed by atoms with Crippen LogP contribution in [-0.4, -0.2) is 79.5 Å². The molecule has 3 N–H and O–H groups in total. The van der Waals surface area contributed by atoms with Gasteiger partial charge in [-0.25, -0.2) is 9.78 Å². The predicted octanol–water partition coefficient (Wildman–Crippen LogP) is 0.669. The average Bonchev–Trinajstić information content (AvgIpc) is 3.12. The molecule has 2 aromatic rings. The quantitative estimate of drug-likeness (QED) is 0.315. The number of fused-ring (bicyclic) bond motifs is 1. The summed E-state index contributed by atoms with van der Waals surface area (Å²) in [7, 11) is 1.70. The fraction of sp³-hybridized carbons (Fsp3) is 0.579. The highest BCUT2D eigenvalue weighted by Crippen LogP contribution is 2.23. The molecule has 2 aromatic heterocycles. The van der Waals surface area contributed by atoms with Gasteiger partial charge in [0.15, 0.2) is 16.3 Å². The summed E-state index contributed by atoms with van der Waals surface area (Å²) < 4.78 is 35.1. The second-order valence-corrected chi connectivity index (χ2v) is 8.04. The first kappa shape index (κ1) is 26.5. The Morgan fingerprint density at radius 3 is 2.42 bits per heavy atom. The second kappa shape index (κ2) is 11.4. The number of nitrogens with one attached hydrogen (secondary N) is 1. The van der Waals surface area contributed by atoms with Crippen molar-refractivity contribution in [3.63, 3.8) is 0 Å². The smallest absolute Gasteiger partial charge is 0.475 e. The van der Waals surface area contributed by atoms with Gasteiger partial charge in [-0.05, 0) is 13.8 Å². The van der Waals surface area contributed by atoms with Crippen molar-refractivity contribution >= 4 is 34.8 Å². The number of aromatic nitrogens is 4. The Labute approximate surface area is 191 Å². The number of halogens is 3. The first-order valence-electron chi connectivity index (χ1n) is 9.90. The van der Waals surface area contributed by atoms with Crippen molar-refractivity contribution in [1.82, 2.24) is 24.4 Å². The summed E-state index contributed by atoms with van der Waals surface area (Å²) in [5, 5.41) is 20.5. The van der Waals surface area contributed by atoms with E-state index in [0.29, 0.717) is 28.6 Å². The predicted molar refractivity (Wildman–Crippen MR) is 117 cm³/mol. The number of aliphatic carboxylic acids is 1. The van der Waals surface area contributed by atoms with Gasteiger partial charge in [-0.1, -0.05) is 17.7 Å². The van der Waals surface area contributed by atoms with Crippen molar-refractivity contribution in [3.8, 4) is 11.8 Å². The van der Waals surface area contributed by atoms with Crippen molar-refractivity contribution in [2.75, 3.05) is 36.8 Å². The Morgan fingerprint density at radius 2 is 1.91 bits per heavy atom. The third kappa shape index (κ3) is 6.86. The van der Waals surface area contributed by atoms with E-state index in [2.05, 4.69) is 32.0 Å². The number of piperazine rings is 1. The van der Waals surface area contributed by atoms with Crippen molar-refractivity contribution in [2.45, 2.75) is 37.8 Å². The summed E-state index contributed by atoms with van der Waals surface area (Å²) in [6.45, 7) is 7.31. The standard InChI is InChI=1S/C17H24N6O2S.C2HF3O2/c1-4-5-8-23-13-14(19-16(23)22-9-6-18-7-10-22)20-17(21(3)15(13)25)26-11-12(2)24;3-2(4,5)1(6)7/h12,18,24H,6-11H2,1-3H3;(H,6,7). The lowest BCUT2D eigenvalue weighted by Crippen LogP contribution is -2.44. The highest BCUT2D eigenvalue weighted by atomic mass is 32.2. The third-order valence-electron chi connectivity index (χ3n) is 4.43. The van der Waals surface area contributed by atoms with E-state index in [1.165, 1.54) is 16.3 Å². The number of aliphatic hydroxyl groups excluding tert-OH is 1. The van der Waals surface area contributed by atoms with E-state index < -0.39 is 18.2 Å². The van der Waals surface area contributed by atoms with Crippen molar-refractivity contribution in [2.24, 2.45) is 7.05 Å². The summed E-state index contributed by atoms with van der Waals surface area (Å²) in [6, 6.07) is 0. The minimum atomic E-state index is -5.08. The van der Waals surface area contributed by atoms with Crippen molar-refractivity contribution < 1.29 is 28.2 Å². The molecule has 1 atom stereocenters. The number of anilines is 1. The van der Waals surface area contributed by atoms with E-state index in [-0.39, 0.29) is 5.56 Å². The van der Waals surface area contributed by atoms with Crippen LogP contribution in [0, 0.1) is 11.8 Å². The van der Waals surface area contributed by atoms with Gasteiger partial charge in [0.05, 0.1) is 12.6 Å². The number of thioether (sulfide) groups is 1. The van der Waals surface area contributed by atoms with Crippen LogP contribution in [-0.2, 0) is 18.4 Å². The normalized spacial score (nSPS) is 14.8. The maximum atomic E-state index is 13.0. The zero-order chi connectivity index (χ0) is 24.8. The van der Waals surface area contributed by atoms with E-state index >= 15 is 0 Å². The van der Waals surface area contributed by atoms with Crippen molar-refractivity contribution in [3.05, 3.63) is 10.4 Å². The molecule has 1 unspecified atom stereocenters. The minimum absolute atomic E-state index is 0.144. The maximum absolute atomic E-state index is 13.0. The number of nitrogens with zero attached hydrogens (tertiary/aromatic N) is 5. The number of aliphatic hydroxyl groups is 1. The molecule has 0 amide bonds. The van der Waals surface area contributed by atoms with E-state index in [1.54, 1.807) is 20.9 Å². The van der Waals surface area contributed by atoms with Crippen molar-refractivity contribution in [1.29, 1.82) is 0 Å². The lowest BCUT2D eigenvalue weighted by atomic mass is 10.4. The van der Waals surface area contributed by atoms with Crippen LogP contribution < -0.4 is 15.8 Å². The molecule has 14 heteroatoms. The number of hydrogen-bond acceptors (Lipinski definition) is 8. The molecule has 0 radical (unpaired) electrons. The van der Waals surface area contributed by atoms with E-state index in [9.17, 15) is 23.1 Å². The van der Waals surface area contributed by atoms with Gasteiger partial charge in [-0.15, -0.1) is 5.92 Å². The number of hydrogen-bond donors (Lipinski definition) is 3. The van der Waals surface area contributed by atoms with E-state index in [1.807, 2.05) is 4.57 Å². The number of carboxylic acids is 1. The molecule has 1 aliphatic heterocycles. The van der Waals surface area contributed by atoms with E-state index in [4.69, 9.17) is 9.90 Å². The molecular formula is C19H25F3N6O4S. The van der Waals surface area contributed by atoms with E-state index in [0.717, 1.165) is 32.1 Å². The summed E-state index contributed by atoms with van der Waals surface area (Å²) in [5.74, 6) is 4.38. The van der Waals surface area contributed by atoms with Gasteiger partial charge in [-0.2, -0.15) is 18.2 Å². The molecule has 1 saturated heterocycles. The summed E-state index contributed by atoms with van der Waals surface area (Å²) in [4.78, 5) is 33.3. The van der Waals surface area contributed by atoms with Gasteiger partial charge in [0.1, 0.15) is 0 Å². The first-order chi connectivity index (χ1) is 15.5. The fourth-order valence-corrected chi connectivity index (χ4v) is 3.69. The molecule has 10 nitrogen and oxygen atoms in total. The highest BCUT2D eigenvalue weighted by Gasteiger charge is 2.38. The first-order valence-corrected chi connectivity index (χ1v) is 10.9. The van der Waals surface area contributed by atoms with Crippen LogP contribution in [0.5, 0.6) is 0 Å². The largest absolute Gasteiger partial charge is 0.490 e. The summed E-state index contributed by atoms with van der Waals surface area (Å²) in [5.41, 5.74) is 0.771. The molecule has 0 aliphatic carbocycles. The van der Waals surface area contributed by atoms with Crippen LogP contribution in [0.25, 0.3) is 11.2 Å². The summed E-state index contributed by atoms with van der Waals surface area (Å²) in [6.07, 6.45) is -5.55. The lowest BCUT2D eigenvalue weighted by Gasteiger charge is -2.28. The second-order valence-electron chi connectivity index (χ2n) is 7.06. The summed E-state index contributed by atoms with van der Waals surface area (Å²) >= 11 is 1.35. The molecule has 1 fully saturated rings. The molecule has 3 heterocycles. The monoisotopic (exact) mass is 490 g/mol. The van der Waals surface area contributed by atoms with Crippen LogP contribution in [0.1, 0.15) is 13.8 Å². The Bertz CT molecular complexity index is 1100. The van der Waals surface area contributed by atoms with Crippen LogP contribution in [0.3, 0.4) is 0 Å². The van der Waals surface area contributed by atoms with Gasteiger partial charge < -0.3 is 20.4 Å². The highest BCUT2D eigenvalue weighted by molar-refractivity contribution is 7.99. The molecule has 3 rings (SSSR count). The van der Waals surface area contributed by atoms with Gasteiger partial charge in [0, 0.05) is 39.0 Å². The van der Waals surface area contributed by atoms with Gasteiger partial charge in [0.2, 0.25) is 5.95 Å². The Kier molecular flexibility index (Phi) is 9.15. The molecule has 1 aliphatic rings.